The standard InChI is InChI=1S/C15H25Br2NS/c1-4-7-11(8-5-2)14(18-9-6-3)12-10-13(16)19-15(12)17/h10-11,14,18H,4-9H2,1-3H3. The van der Waals surface area contributed by atoms with Crippen molar-refractivity contribution in [1.82, 2.24) is 5.32 Å². The second-order valence-electron chi connectivity index (χ2n) is 5.05. The van der Waals surface area contributed by atoms with Crippen LogP contribution in [0, 0.1) is 5.92 Å². The predicted molar refractivity (Wildman–Crippen MR) is 94.1 cm³/mol. The summed E-state index contributed by atoms with van der Waals surface area (Å²) in [6, 6.07) is 2.76. The molecular weight excluding hydrogens is 386 g/mol. The molecule has 1 aromatic heterocycles. The van der Waals surface area contributed by atoms with Gasteiger partial charge in [-0.15, -0.1) is 11.3 Å². The SMILES string of the molecule is CCCNC(c1cc(Br)sc1Br)C(CCC)CCC. The van der Waals surface area contributed by atoms with Gasteiger partial charge in [0.1, 0.15) is 0 Å². The van der Waals surface area contributed by atoms with Gasteiger partial charge in [0.05, 0.1) is 7.57 Å². The van der Waals surface area contributed by atoms with Crippen molar-refractivity contribution in [1.29, 1.82) is 0 Å². The van der Waals surface area contributed by atoms with Crippen molar-refractivity contribution in [3.8, 4) is 0 Å². The molecular formula is C15H25Br2NS. The van der Waals surface area contributed by atoms with Gasteiger partial charge in [0, 0.05) is 6.04 Å². The van der Waals surface area contributed by atoms with Gasteiger partial charge in [0.15, 0.2) is 0 Å². The van der Waals surface area contributed by atoms with Crippen molar-refractivity contribution in [3.05, 3.63) is 19.2 Å². The average molecular weight is 411 g/mol. The molecule has 0 spiro atoms. The summed E-state index contributed by atoms with van der Waals surface area (Å²) >= 11 is 9.11. The van der Waals surface area contributed by atoms with Crippen molar-refractivity contribution in [2.75, 3.05) is 6.54 Å². The largest absolute Gasteiger partial charge is 0.310 e. The molecule has 0 aromatic carbocycles. The zero-order chi connectivity index (χ0) is 14.3. The number of rotatable bonds is 9. The van der Waals surface area contributed by atoms with Crippen LogP contribution in [0.25, 0.3) is 0 Å². The molecule has 1 heterocycles. The van der Waals surface area contributed by atoms with Crippen molar-refractivity contribution in [2.45, 2.75) is 58.9 Å². The van der Waals surface area contributed by atoms with Crippen LogP contribution in [0.5, 0.6) is 0 Å². The Morgan fingerprint density at radius 1 is 1.11 bits per heavy atom. The molecule has 19 heavy (non-hydrogen) atoms. The predicted octanol–water partition coefficient (Wildman–Crippen LogP) is 6.53. The van der Waals surface area contributed by atoms with Gasteiger partial charge < -0.3 is 5.32 Å². The first-order valence-corrected chi connectivity index (χ1v) is 9.72. The molecule has 1 aromatic rings. The number of nitrogens with one attached hydrogen (secondary N) is 1. The molecule has 1 nitrogen and oxygen atoms in total. The van der Waals surface area contributed by atoms with E-state index in [0.29, 0.717) is 6.04 Å². The van der Waals surface area contributed by atoms with Crippen LogP contribution in [0.3, 0.4) is 0 Å². The molecule has 1 unspecified atom stereocenters. The van der Waals surface area contributed by atoms with E-state index in [4.69, 9.17) is 0 Å². The van der Waals surface area contributed by atoms with Gasteiger partial charge in [-0.05, 0) is 75.2 Å². The number of halogens is 2. The molecule has 1 N–H and O–H groups in total. The number of thiophene rings is 1. The van der Waals surface area contributed by atoms with Gasteiger partial charge in [-0.1, -0.05) is 33.6 Å². The van der Waals surface area contributed by atoms with Crippen molar-refractivity contribution < 1.29 is 0 Å². The highest BCUT2D eigenvalue weighted by Crippen LogP contribution is 2.40. The Hall–Kier alpha value is 0.620. The molecule has 1 rings (SSSR count). The zero-order valence-electron chi connectivity index (χ0n) is 12.1. The molecule has 0 aliphatic carbocycles. The van der Waals surface area contributed by atoms with E-state index in [1.54, 1.807) is 11.3 Å². The lowest BCUT2D eigenvalue weighted by Crippen LogP contribution is -2.29. The maximum absolute atomic E-state index is 3.77. The summed E-state index contributed by atoms with van der Waals surface area (Å²) in [6.45, 7) is 7.90. The Labute approximate surface area is 138 Å². The molecule has 1 atom stereocenters. The normalized spacial score (nSPS) is 13.2. The minimum Gasteiger partial charge on any atom is -0.310 e. The van der Waals surface area contributed by atoms with E-state index in [1.807, 2.05) is 0 Å². The molecule has 110 valence electrons. The van der Waals surface area contributed by atoms with Crippen LogP contribution < -0.4 is 5.32 Å². The lowest BCUT2D eigenvalue weighted by molar-refractivity contribution is 0.316. The summed E-state index contributed by atoms with van der Waals surface area (Å²) in [4.78, 5) is 0. The van der Waals surface area contributed by atoms with E-state index >= 15 is 0 Å². The Kier molecular flexibility index (Phi) is 8.87. The quantitative estimate of drug-likeness (QED) is 0.487. The highest BCUT2D eigenvalue weighted by Gasteiger charge is 2.24. The highest BCUT2D eigenvalue weighted by atomic mass is 79.9. The monoisotopic (exact) mass is 409 g/mol. The smallest absolute Gasteiger partial charge is 0.0758 e. The van der Waals surface area contributed by atoms with Crippen LogP contribution >= 0.6 is 43.2 Å². The van der Waals surface area contributed by atoms with Crippen LogP contribution in [-0.2, 0) is 0 Å². The summed E-state index contributed by atoms with van der Waals surface area (Å²) in [5, 5.41) is 3.77. The van der Waals surface area contributed by atoms with Crippen LogP contribution in [0.2, 0.25) is 0 Å². The third-order valence-corrected chi connectivity index (χ3v) is 5.81. The van der Waals surface area contributed by atoms with Crippen LogP contribution in [-0.4, -0.2) is 6.54 Å². The maximum atomic E-state index is 3.77. The van der Waals surface area contributed by atoms with Crippen LogP contribution in [0.15, 0.2) is 13.6 Å². The van der Waals surface area contributed by atoms with E-state index in [1.165, 1.54) is 45.2 Å². The summed E-state index contributed by atoms with van der Waals surface area (Å²) in [5.74, 6) is 0.736. The first-order valence-electron chi connectivity index (χ1n) is 7.32. The molecule has 0 amide bonds. The van der Waals surface area contributed by atoms with Crippen molar-refractivity contribution >= 4 is 43.2 Å². The fourth-order valence-electron chi connectivity index (χ4n) is 2.61. The molecule has 0 aliphatic heterocycles. The summed E-state index contributed by atoms with van der Waals surface area (Å²) in [6.07, 6.45) is 6.31. The summed E-state index contributed by atoms with van der Waals surface area (Å²) in [5.41, 5.74) is 1.43. The van der Waals surface area contributed by atoms with E-state index in [0.717, 1.165) is 12.5 Å². The Morgan fingerprint density at radius 2 is 1.74 bits per heavy atom. The molecule has 0 aliphatic rings. The maximum Gasteiger partial charge on any atom is 0.0758 e. The topological polar surface area (TPSA) is 12.0 Å². The third-order valence-electron chi connectivity index (χ3n) is 3.42. The third kappa shape index (κ3) is 5.49. The van der Waals surface area contributed by atoms with Gasteiger partial charge in [0.25, 0.3) is 0 Å². The molecule has 0 bridgehead atoms. The molecule has 0 fully saturated rings. The Balaban J connectivity index is 2.93. The number of hydrogen-bond donors (Lipinski definition) is 1. The van der Waals surface area contributed by atoms with E-state index in [9.17, 15) is 0 Å². The first kappa shape index (κ1) is 17.7. The lowest BCUT2D eigenvalue weighted by Gasteiger charge is -2.28. The highest BCUT2D eigenvalue weighted by molar-refractivity contribution is 9.12. The van der Waals surface area contributed by atoms with Crippen LogP contribution in [0.4, 0.5) is 0 Å². The van der Waals surface area contributed by atoms with Gasteiger partial charge in [-0.25, -0.2) is 0 Å². The molecule has 0 saturated carbocycles. The first-order chi connectivity index (χ1) is 9.13. The molecule has 0 saturated heterocycles. The van der Waals surface area contributed by atoms with E-state index in [-0.39, 0.29) is 0 Å². The van der Waals surface area contributed by atoms with Crippen molar-refractivity contribution in [3.63, 3.8) is 0 Å². The van der Waals surface area contributed by atoms with E-state index < -0.39 is 0 Å². The van der Waals surface area contributed by atoms with Gasteiger partial charge in [-0.3, -0.25) is 0 Å². The minimum atomic E-state index is 0.483. The van der Waals surface area contributed by atoms with E-state index in [2.05, 4.69) is 64.0 Å². The second kappa shape index (κ2) is 9.54. The van der Waals surface area contributed by atoms with Gasteiger partial charge in [-0.2, -0.15) is 0 Å². The fraction of sp³-hybridized carbons (Fsp3) is 0.733. The molecule has 0 radical (unpaired) electrons. The Morgan fingerprint density at radius 3 is 2.16 bits per heavy atom. The second-order valence-corrected chi connectivity index (χ2v) is 8.80. The summed E-state index contributed by atoms with van der Waals surface area (Å²) < 4.78 is 2.48. The zero-order valence-corrected chi connectivity index (χ0v) is 16.1. The lowest BCUT2D eigenvalue weighted by atomic mass is 9.87. The Bertz CT molecular complexity index is 359. The molecule has 4 heteroatoms. The number of hydrogen-bond acceptors (Lipinski definition) is 2. The summed E-state index contributed by atoms with van der Waals surface area (Å²) in [7, 11) is 0. The van der Waals surface area contributed by atoms with Gasteiger partial charge >= 0.3 is 0 Å². The van der Waals surface area contributed by atoms with Crippen molar-refractivity contribution in [2.24, 2.45) is 5.92 Å². The minimum absolute atomic E-state index is 0.483. The van der Waals surface area contributed by atoms with Gasteiger partial charge in [0.2, 0.25) is 0 Å². The van der Waals surface area contributed by atoms with Crippen LogP contribution in [0.1, 0.15) is 64.5 Å². The fourth-order valence-corrected chi connectivity index (χ4v) is 5.54. The average Bonchev–Trinajstić information content (AvgIpc) is 2.69.